The highest BCUT2D eigenvalue weighted by atomic mass is 16.2. The molecular formula is C27H28N4O. The minimum absolute atomic E-state index is 0.140. The second-order valence-corrected chi connectivity index (χ2v) is 9.58. The van der Waals surface area contributed by atoms with Crippen LogP contribution in [0.4, 0.5) is 5.82 Å². The normalized spacial score (nSPS) is 24.5. The van der Waals surface area contributed by atoms with Crippen LogP contribution in [-0.4, -0.2) is 45.9 Å². The quantitative estimate of drug-likeness (QED) is 0.616. The number of hydrogen-bond acceptors (Lipinski definition) is 4. The number of fused-ring (bicyclic) bond motifs is 3. The third-order valence-corrected chi connectivity index (χ3v) is 7.39. The van der Waals surface area contributed by atoms with Crippen LogP contribution in [-0.2, 0) is 4.79 Å². The molecule has 2 bridgehead atoms. The maximum atomic E-state index is 13.3. The molecular weight excluding hydrogens is 396 g/mol. The number of benzene rings is 1. The van der Waals surface area contributed by atoms with Crippen LogP contribution in [0.3, 0.4) is 0 Å². The minimum Gasteiger partial charge on any atom is -0.347 e. The first-order chi connectivity index (χ1) is 15.7. The highest BCUT2D eigenvalue weighted by molar-refractivity contribution is 5.91. The lowest BCUT2D eigenvalue weighted by Gasteiger charge is -2.44. The van der Waals surface area contributed by atoms with Crippen molar-refractivity contribution in [2.24, 2.45) is 5.92 Å². The molecule has 1 saturated carbocycles. The molecule has 2 atom stereocenters. The van der Waals surface area contributed by atoms with Crippen molar-refractivity contribution in [2.75, 3.05) is 18.0 Å². The SMILES string of the molecule is Cc1ccc(N2C3CCC2CN(C(=O)C2CC(=Cc4cccc5cnccc45)C2)C3)nc1. The molecule has 2 aromatic heterocycles. The molecule has 162 valence electrons. The predicted octanol–water partition coefficient (Wildman–Crippen LogP) is 4.61. The number of rotatable bonds is 3. The minimum atomic E-state index is 0.140. The van der Waals surface area contributed by atoms with Crippen molar-refractivity contribution < 1.29 is 4.79 Å². The van der Waals surface area contributed by atoms with Crippen LogP contribution in [0.25, 0.3) is 16.8 Å². The van der Waals surface area contributed by atoms with Gasteiger partial charge in [0.05, 0.1) is 0 Å². The Balaban J connectivity index is 1.12. The molecule has 1 amide bonds. The Morgan fingerprint density at radius 2 is 1.84 bits per heavy atom. The summed E-state index contributed by atoms with van der Waals surface area (Å²) >= 11 is 0. The van der Waals surface area contributed by atoms with Crippen LogP contribution >= 0.6 is 0 Å². The number of amides is 1. The summed E-state index contributed by atoms with van der Waals surface area (Å²) in [5.41, 5.74) is 3.78. The molecule has 5 heteroatoms. The average molecular weight is 425 g/mol. The first-order valence-electron chi connectivity index (χ1n) is 11.7. The lowest BCUT2D eigenvalue weighted by atomic mass is 9.78. The molecule has 2 aliphatic heterocycles. The van der Waals surface area contributed by atoms with Crippen LogP contribution in [0.2, 0.25) is 0 Å². The summed E-state index contributed by atoms with van der Waals surface area (Å²) in [6.07, 6.45) is 12.0. The van der Waals surface area contributed by atoms with Crippen molar-refractivity contribution in [3.63, 3.8) is 0 Å². The number of aromatic nitrogens is 2. The highest BCUT2D eigenvalue weighted by Gasteiger charge is 2.44. The van der Waals surface area contributed by atoms with Crippen molar-refractivity contribution in [3.05, 3.63) is 71.7 Å². The highest BCUT2D eigenvalue weighted by Crippen LogP contribution is 2.39. The van der Waals surface area contributed by atoms with Gasteiger partial charge in [0.25, 0.3) is 0 Å². The standard InChI is InChI=1S/C27H28N4O/c1-18-5-8-26(29-14-18)31-23-6-7-24(31)17-30(16-23)27(32)22-12-19(13-22)11-20-3-2-4-21-15-28-10-9-25(20)21/h2-5,8-11,14-15,22-24H,6-7,12-13,16-17H2,1H3. The number of allylic oxidation sites excluding steroid dienone is 1. The van der Waals surface area contributed by atoms with Crippen LogP contribution in [0.5, 0.6) is 0 Å². The summed E-state index contributed by atoms with van der Waals surface area (Å²) in [5.74, 6) is 1.55. The van der Waals surface area contributed by atoms with E-state index in [1.54, 1.807) is 0 Å². The largest absolute Gasteiger partial charge is 0.347 e. The Kier molecular flexibility index (Phi) is 4.71. The Hall–Kier alpha value is -3.21. The number of piperazine rings is 1. The van der Waals surface area contributed by atoms with Crippen LogP contribution in [0.15, 0.2) is 60.6 Å². The number of carbonyl (C=O) groups is 1. The Labute approximate surface area is 188 Å². The van der Waals surface area contributed by atoms with Gasteiger partial charge in [0.15, 0.2) is 0 Å². The Morgan fingerprint density at radius 3 is 2.59 bits per heavy atom. The second-order valence-electron chi connectivity index (χ2n) is 9.58. The molecule has 0 spiro atoms. The number of nitrogens with zero attached hydrogens (tertiary/aromatic N) is 4. The van der Waals surface area contributed by atoms with E-state index in [9.17, 15) is 4.79 Å². The number of anilines is 1. The molecule has 32 heavy (non-hydrogen) atoms. The zero-order chi connectivity index (χ0) is 21.7. The summed E-state index contributed by atoms with van der Waals surface area (Å²) in [4.78, 5) is 26.7. The van der Waals surface area contributed by atoms with Crippen molar-refractivity contribution in [1.82, 2.24) is 14.9 Å². The van der Waals surface area contributed by atoms with Gasteiger partial charge in [0.1, 0.15) is 5.82 Å². The van der Waals surface area contributed by atoms with Crippen LogP contribution < -0.4 is 4.90 Å². The fourth-order valence-electron chi connectivity index (χ4n) is 5.69. The van der Waals surface area contributed by atoms with Gasteiger partial charge in [-0.05, 0) is 61.3 Å². The Bertz CT molecular complexity index is 1170. The van der Waals surface area contributed by atoms with Crippen molar-refractivity contribution in [2.45, 2.75) is 44.7 Å². The summed E-state index contributed by atoms with van der Waals surface area (Å²) < 4.78 is 0. The van der Waals surface area contributed by atoms with Gasteiger partial charge in [-0.3, -0.25) is 9.78 Å². The maximum absolute atomic E-state index is 13.3. The monoisotopic (exact) mass is 424 g/mol. The van der Waals surface area contributed by atoms with E-state index in [2.05, 4.69) is 69.2 Å². The smallest absolute Gasteiger partial charge is 0.226 e. The van der Waals surface area contributed by atoms with Crippen LogP contribution in [0.1, 0.15) is 36.8 Å². The summed E-state index contributed by atoms with van der Waals surface area (Å²) in [5, 5.41) is 2.38. The van der Waals surface area contributed by atoms with Gasteiger partial charge in [-0.2, -0.15) is 0 Å². The number of aryl methyl sites for hydroxylation is 1. The molecule has 2 unspecified atom stereocenters. The first kappa shape index (κ1) is 19.5. The zero-order valence-electron chi connectivity index (χ0n) is 18.4. The van der Waals surface area contributed by atoms with Gasteiger partial charge in [-0.15, -0.1) is 0 Å². The molecule has 1 aromatic carbocycles. The van der Waals surface area contributed by atoms with E-state index in [-0.39, 0.29) is 5.92 Å². The number of hydrogen-bond donors (Lipinski definition) is 0. The van der Waals surface area contributed by atoms with Gasteiger partial charge in [-0.25, -0.2) is 4.98 Å². The van der Waals surface area contributed by atoms with Gasteiger partial charge in [0, 0.05) is 55.1 Å². The average Bonchev–Trinajstić information content (AvgIpc) is 3.05. The molecule has 3 aromatic rings. The molecule has 2 saturated heterocycles. The molecule has 5 nitrogen and oxygen atoms in total. The van der Waals surface area contributed by atoms with Gasteiger partial charge >= 0.3 is 0 Å². The number of carbonyl (C=O) groups excluding carboxylic acids is 1. The predicted molar refractivity (Wildman–Crippen MR) is 127 cm³/mol. The molecule has 3 aliphatic rings. The lowest BCUT2D eigenvalue weighted by Crippen LogP contribution is -2.57. The third kappa shape index (κ3) is 3.36. The number of likely N-dealkylation sites (tertiary alicyclic amines) is 1. The van der Waals surface area contributed by atoms with Gasteiger partial charge in [-0.1, -0.05) is 35.9 Å². The second kappa shape index (κ2) is 7.73. The van der Waals surface area contributed by atoms with E-state index in [0.717, 1.165) is 50.0 Å². The van der Waals surface area contributed by atoms with E-state index >= 15 is 0 Å². The van der Waals surface area contributed by atoms with E-state index in [1.165, 1.54) is 22.1 Å². The Morgan fingerprint density at radius 1 is 1.03 bits per heavy atom. The summed E-state index contributed by atoms with van der Waals surface area (Å²) in [7, 11) is 0. The fraction of sp³-hybridized carbons (Fsp3) is 0.370. The van der Waals surface area contributed by atoms with E-state index in [1.807, 2.05) is 18.6 Å². The van der Waals surface area contributed by atoms with E-state index in [4.69, 9.17) is 0 Å². The molecule has 1 aliphatic carbocycles. The topological polar surface area (TPSA) is 49.3 Å². The first-order valence-corrected chi connectivity index (χ1v) is 11.7. The molecule has 0 N–H and O–H groups in total. The van der Waals surface area contributed by atoms with Crippen LogP contribution in [0, 0.1) is 12.8 Å². The fourth-order valence-corrected chi connectivity index (χ4v) is 5.69. The lowest BCUT2D eigenvalue weighted by molar-refractivity contribution is -0.137. The van der Waals surface area contributed by atoms with Crippen molar-refractivity contribution in [3.8, 4) is 0 Å². The molecule has 0 radical (unpaired) electrons. The number of pyridine rings is 2. The molecule has 3 fully saturated rings. The van der Waals surface area contributed by atoms with Gasteiger partial charge in [0.2, 0.25) is 5.91 Å². The van der Waals surface area contributed by atoms with Crippen molar-refractivity contribution in [1.29, 1.82) is 0 Å². The zero-order valence-corrected chi connectivity index (χ0v) is 18.4. The van der Waals surface area contributed by atoms with Gasteiger partial charge < -0.3 is 9.80 Å². The molecule has 6 rings (SSSR count). The van der Waals surface area contributed by atoms with E-state index in [0.29, 0.717) is 18.0 Å². The maximum Gasteiger partial charge on any atom is 0.226 e. The van der Waals surface area contributed by atoms with Crippen molar-refractivity contribution >= 4 is 28.6 Å². The third-order valence-electron chi connectivity index (χ3n) is 7.39. The summed E-state index contributed by atoms with van der Waals surface area (Å²) in [6.45, 7) is 3.73. The molecule has 4 heterocycles. The summed E-state index contributed by atoms with van der Waals surface area (Å²) in [6, 6.07) is 13.5. The van der Waals surface area contributed by atoms with E-state index < -0.39 is 0 Å².